The number of rotatable bonds is 3. The van der Waals surface area contributed by atoms with Gasteiger partial charge in [0.05, 0.1) is 11.0 Å². The summed E-state index contributed by atoms with van der Waals surface area (Å²) in [6, 6.07) is 22.1. The smallest absolute Gasteiger partial charge is 0.0541 e. The molecule has 4 rings (SSSR count). The van der Waals surface area contributed by atoms with Crippen LogP contribution in [0.15, 0.2) is 65.1 Å². The molecule has 3 aromatic carbocycles. The third kappa shape index (κ3) is 2.68. The molecule has 0 aliphatic carbocycles. The summed E-state index contributed by atoms with van der Waals surface area (Å²) < 4.78 is 3.67. The van der Waals surface area contributed by atoms with Crippen molar-refractivity contribution in [3.63, 3.8) is 0 Å². The van der Waals surface area contributed by atoms with Crippen molar-refractivity contribution in [3.8, 4) is 5.69 Å². The number of hydrogen-bond acceptors (Lipinski definition) is 0. The van der Waals surface area contributed by atoms with Crippen LogP contribution in [0.1, 0.15) is 50.7 Å². The summed E-state index contributed by atoms with van der Waals surface area (Å²) in [5, 5.41) is 2.62. The van der Waals surface area contributed by atoms with Gasteiger partial charge in [0.2, 0.25) is 0 Å². The molecule has 0 atom stereocenters. The van der Waals surface area contributed by atoms with Crippen LogP contribution in [0.5, 0.6) is 0 Å². The molecule has 1 aromatic heterocycles. The van der Waals surface area contributed by atoms with Gasteiger partial charge >= 0.3 is 0 Å². The summed E-state index contributed by atoms with van der Waals surface area (Å²) in [5.41, 5.74) is 6.51. The van der Waals surface area contributed by atoms with Crippen LogP contribution in [0.2, 0.25) is 0 Å². The summed E-state index contributed by atoms with van der Waals surface area (Å²) >= 11 is 3.87. The SMILES string of the molecule is CC(C)c1cc(-n2c3ccccc3c3ccccc32)cc(C(C)C)c1Br. The van der Waals surface area contributed by atoms with Crippen LogP contribution in [0.4, 0.5) is 0 Å². The molecule has 1 heterocycles. The zero-order valence-electron chi connectivity index (χ0n) is 15.8. The van der Waals surface area contributed by atoms with E-state index in [4.69, 9.17) is 0 Å². The van der Waals surface area contributed by atoms with Gasteiger partial charge in [-0.2, -0.15) is 0 Å². The second kappa shape index (κ2) is 6.59. The molecular formula is C24H24BrN. The normalized spacial score (nSPS) is 12.0. The topological polar surface area (TPSA) is 4.93 Å². The Balaban J connectivity index is 2.13. The molecule has 2 heteroatoms. The van der Waals surface area contributed by atoms with Gasteiger partial charge in [0.25, 0.3) is 0 Å². The van der Waals surface area contributed by atoms with Crippen LogP contribution in [0.25, 0.3) is 27.5 Å². The molecule has 0 aliphatic rings. The van der Waals surface area contributed by atoms with E-state index in [1.54, 1.807) is 0 Å². The van der Waals surface area contributed by atoms with Gasteiger partial charge in [-0.15, -0.1) is 0 Å². The molecule has 0 N–H and O–H groups in total. The van der Waals surface area contributed by atoms with Crippen molar-refractivity contribution in [2.75, 3.05) is 0 Å². The summed E-state index contributed by atoms with van der Waals surface area (Å²) in [6.07, 6.45) is 0. The Morgan fingerprint density at radius 1 is 0.692 bits per heavy atom. The molecular weight excluding hydrogens is 382 g/mol. The maximum Gasteiger partial charge on any atom is 0.0541 e. The molecule has 0 saturated heterocycles. The summed E-state index contributed by atoms with van der Waals surface area (Å²) in [6.45, 7) is 9.05. The fraction of sp³-hybridized carbons (Fsp3) is 0.250. The van der Waals surface area contributed by atoms with Crippen molar-refractivity contribution in [2.45, 2.75) is 39.5 Å². The molecule has 1 nitrogen and oxygen atoms in total. The van der Waals surface area contributed by atoms with E-state index in [2.05, 4.69) is 109 Å². The van der Waals surface area contributed by atoms with E-state index in [9.17, 15) is 0 Å². The average molecular weight is 406 g/mol. The van der Waals surface area contributed by atoms with E-state index in [-0.39, 0.29) is 0 Å². The highest BCUT2D eigenvalue weighted by Gasteiger charge is 2.17. The largest absolute Gasteiger partial charge is 0.309 e. The third-order valence-corrected chi connectivity index (χ3v) is 6.11. The van der Waals surface area contributed by atoms with Crippen LogP contribution in [0, 0.1) is 0 Å². The Kier molecular flexibility index (Phi) is 4.40. The molecule has 26 heavy (non-hydrogen) atoms. The van der Waals surface area contributed by atoms with E-state index < -0.39 is 0 Å². The number of aromatic nitrogens is 1. The first-order valence-electron chi connectivity index (χ1n) is 9.31. The van der Waals surface area contributed by atoms with Crippen LogP contribution < -0.4 is 0 Å². The van der Waals surface area contributed by atoms with Gasteiger partial charge in [0.1, 0.15) is 0 Å². The second-order valence-corrected chi connectivity index (χ2v) is 8.41. The second-order valence-electron chi connectivity index (χ2n) is 7.62. The van der Waals surface area contributed by atoms with Crippen molar-refractivity contribution < 1.29 is 0 Å². The Hall–Kier alpha value is -2.06. The number of benzene rings is 3. The molecule has 4 aromatic rings. The Morgan fingerprint density at radius 3 is 1.54 bits per heavy atom. The lowest BCUT2D eigenvalue weighted by Gasteiger charge is -2.19. The summed E-state index contributed by atoms with van der Waals surface area (Å²) in [5.74, 6) is 0.935. The zero-order valence-corrected chi connectivity index (χ0v) is 17.3. The van der Waals surface area contributed by atoms with Gasteiger partial charge in [0.15, 0.2) is 0 Å². The molecule has 0 radical (unpaired) electrons. The molecule has 0 spiro atoms. The number of halogens is 1. The number of hydrogen-bond donors (Lipinski definition) is 0. The van der Waals surface area contributed by atoms with Crippen molar-refractivity contribution in [3.05, 3.63) is 76.3 Å². The molecule has 0 aliphatic heterocycles. The van der Waals surface area contributed by atoms with Gasteiger partial charge in [-0.05, 0) is 47.2 Å². The molecule has 0 bridgehead atoms. The minimum absolute atomic E-state index is 0.468. The highest BCUT2D eigenvalue weighted by Crippen LogP contribution is 2.38. The van der Waals surface area contributed by atoms with E-state index >= 15 is 0 Å². The quantitative estimate of drug-likeness (QED) is 0.327. The lowest BCUT2D eigenvalue weighted by Crippen LogP contribution is -2.02. The van der Waals surface area contributed by atoms with E-state index in [0.717, 1.165) is 0 Å². The summed E-state index contributed by atoms with van der Waals surface area (Å²) in [7, 11) is 0. The van der Waals surface area contributed by atoms with Gasteiger partial charge in [-0.1, -0.05) is 80.0 Å². The predicted octanol–water partition coefficient (Wildman–Crippen LogP) is 7.79. The Labute approximate surface area is 163 Å². The fourth-order valence-corrected chi connectivity index (χ4v) is 4.97. The average Bonchev–Trinajstić information content (AvgIpc) is 2.96. The van der Waals surface area contributed by atoms with Gasteiger partial charge in [-0.3, -0.25) is 0 Å². The first kappa shape index (κ1) is 17.4. The van der Waals surface area contributed by atoms with Crippen molar-refractivity contribution in [1.29, 1.82) is 0 Å². The standard InChI is InChI=1S/C24H24BrN/c1-15(2)20-13-17(14-21(16(3)4)24(20)25)26-22-11-7-5-9-18(22)19-10-6-8-12-23(19)26/h5-16H,1-4H3. The predicted molar refractivity (Wildman–Crippen MR) is 117 cm³/mol. The molecule has 132 valence electrons. The highest BCUT2D eigenvalue weighted by molar-refractivity contribution is 9.10. The number of fused-ring (bicyclic) bond motifs is 3. The zero-order chi connectivity index (χ0) is 18.4. The number of nitrogens with zero attached hydrogens (tertiary/aromatic N) is 1. The van der Waals surface area contributed by atoms with Crippen molar-refractivity contribution in [2.24, 2.45) is 0 Å². The van der Waals surface area contributed by atoms with Crippen LogP contribution in [-0.2, 0) is 0 Å². The Morgan fingerprint density at radius 2 is 1.12 bits per heavy atom. The Bertz CT molecular complexity index is 1020. The van der Waals surface area contributed by atoms with Crippen LogP contribution >= 0.6 is 15.9 Å². The highest BCUT2D eigenvalue weighted by atomic mass is 79.9. The maximum atomic E-state index is 3.87. The maximum absolute atomic E-state index is 3.87. The monoisotopic (exact) mass is 405 g/mol. The van der Waals surface area contributed by atoms with E-state index in [1.165, 1.54) is 43.1 Å². The minimum Gasteiger partial charge on any atom is -0.309 e. The summed E-state index contributed by atoms with van der Waals surface area (Å²) in [4.78, 5) is 0. The van der Waals surface area contributed by atoms with E-state index in [0.29, 0.717) is 11.8 Å². The molecule has 0 unspecified atom stereocenters. The van der Waals surface area contributed by atoms with Crippen LogP contribution in [-0.4, -0.2) is 4.57 Å². The molecule has 0 amide bonds. The van der Waals surface area contributed by atoms with Gasteiger partial charge < -0.3 is 4.57 Å². The van der Waals surface area contributed by atoms with E-state index in [1.807, 2.05) is 0 Å². The molecule has 0 fully saturated rings. The van der Waals surface area contributed by atoms with Crippen molar-refractivity contribution >= 4 is 37.7 Å². The van der Waals surface area contributed by atoms with Crippen LogP contribution in [0.3, 0.4) is 0 Å². The lowest BCUT2D eigenvalue weighted by atomic mass is 9.94. The van der Waals surface area contributed by atoms with Gasteiger partial charge in [-0.25, -0.2) is 0 Å². The first-order valence-corrected chi connectivity index (χ1v) is 10.1. The van der Waals surface area contributed by atoms with Gasteiger partial charge in [0, 0.05) is 20.9 Å². The number of para-hydroxylation sites is 2. The minimum atomic E-state index is 0.468. The fourth-order valence-electron chi connectivity index (χ4n) is 3.82. The lowest BCUT2D eigenvalue weighted by molar-refractivity contribution is 0.820. The third-order valence-electron chi connectivity index (χ3n) is 5.20. The molecule has 0 saturated carbocycles. The van der Waals surface area contributed by atoms with Crippen molar-refractivity contribution in [1.82, 2.24) is 4.57 Å². The first-order chi connectivity index (χ1) is 12.5.